The van der Waals surface area contributed by atoms with Crippen molar-refractivity contribution in [3.8, 4) is 0 Å². The molecule has 2 unspecified atom stereocenters. The number of piperidine rings is 1. The summed E-state index contributed by atoms with van der Waals surface area (Å²) in [5, 5.41) is 3.63. The molecule has 2 aliphatic heterocycles. The molecule has 0 aliphatic carbocycles. The van der Waals surface area contributed by atoms with Crippen molar-refractivity contribution in [3.05, 3.63) is 0 Å². The number of nitrogens with zero attached hydrogens (tertiary/aromatic N) is 1. The number of rotatable bonds is 5. The summed E-state index contributed by atoms with van der Waals surface area (Å²) in [6.45, 7) is 12.8. The normalized spacial score (nSPS) is 30.5. The molecule has 3 nitrogen and oxygen atoms in total. The van der Waals surface area contributed by atoms with Crippen LogP contribution >= 0.6 is 0 Å². The molecule has 0 saturated carbocycles. The molecule has 2 atom stereocenters. The maximum absolute atomic E-state index is 5.71. The topological polar surface area (TPSA) is 24.5 Å². The van der Waals surface area contributed by atoms with Gasteiger partial charge in [0.15, 0.2) is 0 Å². The summed E-state index contributed by atoms with van der Waals surface area (Å²) in [5.74, 6) is 0. The SMILES string of the molecule is CC(NCCN1CCC(C)(C)CC1)C1CCCO1. The fraction of sp³-hybridized carbons (Fsp3) is 1.00. The average molecular weight is 254 g/mol. The smallest absolute Gasteiger partial charge is 0.0726 e. The van der Waals surface area contributed by atoms with E-state index >= 15 is 0 Å². The molecule has 0 radical (unpaired) electrons. The lowest BCUT2D eigenvalue weighted by molar-refractivity contribution is 0.0805. The van der Waals surface area contributed by atoms with E-state index in [9.17, 15) is 0 Å². The van der Waals surface area contributed by atoms with Crippen LogP contribution in [0.5, 0.6) is 0 Å². The second kappa shape index (κ2) is 6.36. The molecule has 0 bridgehead atoms. The van der Waals surface area contributed by atoms with E-state index in [4.69, 9.17) is 4.74 Å². The molecule has 18 heavy (non-hydrogen) atoms. The Bertz CT molecular complexity index is 239. The first-order valence-corrected chi connectivity index (χ1v) is 7.64. The van der Waals surface area contributed by atoms with Crippen molar-refractivity contribution in [2.75, 3.05) is 32.8 Å². The van der Waals surface area contributed by atoms with Gasteiger partial charge in [-0.15, -0.1) is 0 Å². The average Bonchev–Trinajstić information content (AvgIpc) is 2.85. The maximum Gasteiger partial charge on any atom is 0.0726 e. The van der Waals surface area contributed by atoms with Gasteiger partial charge in [0, 0.05) is 25.7 Å². The molecule has 1 N–H and O–H groups in total. The van der Waals surface area contributed by atoms with Crippen molar-refractivity contribution in [2.45, 2.75) is 58.6 Å². The van der Waals surface area contributed by atoms with Crippen LogP contribution in [0.4, 0.5) is 0 Å². The summed E-state index contributed by atoms with van der Waals surface area (Å²) >= 11 is 0. The van der Waals surface area contributed by atoms with Gasteiger partial charge in [0.05, 0.1) is 6.10 Å². The zero-order valence-electron chi connectivity index (χ0n) is 12.4. The van der Waals surface area contributed by atoms with Gasteiger partial charge in [0.1, 0.15) is 0 Å². The highest BCUT2D eigenvalue weighted by Crippen LogP contribution is 2.29. The summed E-state index contributed by atoms with van der Waals surface area (Å²) in [4.78, 5) is 2.60. The molecular formula is C15H30N2O. The fourth-order valence-electron chi connectivity index (χ4n) is 2.96. The first-order chi connectivity index (χ1) is 8.57. The zero-order chi connectivity index (χ0) is 13.0. The minimum atomic E-state index is 0.449. The monoisotopic (exact) mass is 254 g/mol. The Morgan fingerprint density at radius 2 is 2.06 bits per heavy atom. The second-order valence-corrected chi connectivity index (χ2v) is 6.80. The van der Waals surface area contributed by atoms with Crippen molar-refractivity contribution in [1.29, 1.82) is 0 Å². The molecule has 106 valence electrons. The van der Waals surface area contributed by atoms with E-state index in [1.165, 1.54) is 45.3 Å². The third-order valence-electron chi connectivity index (χ3n) is 4.63. The molecule has 2 rings (SSSR count). The third-order valence-corrected chi connectivity index (χ3v) is 4.63. The summed E-state index contributed by atoms with van der Waals surface area (Å²) in [6, 6.07) is 0.508. The lowest BCUT2D eigenvalue weighted by Gasteiger charge is -2.37. The predicted molar refractivity (Wildman–Crippen MR) is 75.9 cm³/mol. The Kier molecular flexibility index (Phi) is 5.05. The summed E-state index contributed by atoms with van der Waals surface area (Å²) in [5.41, 5.74) is 0.564. The van der Waals surface area contributed by atoms with Gasteiger partial charge >= 0.3 is 0 Å². The van der Waals surface area contributed by atoms with Crippen LogP contribution in [0.25, 0.3) is 0 Å². The second-order valence-electron chi connectivity index (χ2n) is 6.80. The molecular weight excluding hydrogens is 224 g/mol. The van der Waals surface area contributed by atoms with Gasteiger partial charge in [0.25, 0.3) is 0 Å². The van der Waals surface area contributed by atoms with Gasteiger partial charge in [-0.05, 0) is 51.1 Å². The van der Waals surface area contributed by atoms with E-state index < -0.39 is 0 Å². The summed E-state index contributed by atoms with van der Waals surface area (Å²) < 4.78 is 5.71. The highest BCUT2D eigenvalue weighted by atomic mass is 16.5. The molecule has 0 spiro atoms. The number of likely N-dealkylation sites (tertiary alicyclic amines) is 1. The molecule has 0 aromatic carbocycles. The van der Waals surface area contributed by atoms with Gasteiger partial charge in [-0.1, -0.05) is 13.8 Å². The van der Waals surface area contributed by atoms with Crippen LogP contribution in [0.3, 0.4) is 0 Å². The Hall–Kier alpha value is -0.120. The molecule has 0 aromatic heterocycles. The first kappa shape index (κ1) is 14.3. The Morgan fingerprint density at radius 3 is 2.67 bits per heavy atom. The van der Waals surface area contributed by atoms with Crippen LogP contribution in [0.15, 0.2) is 0 Å². The number of nitrogens with one attached hydrogen (secondary N) is 1. The molecule has 0 amide bonds. The summed E-state index contributed by atoms with van der Waals surface area (Å²) in [7, 11) is 0. The number of ether oxygens (including phenoxy) is 1. The predicted octanol–water partition coefficient (Wildman–Crippen LogP) is 2.27. The van der Waals surface area contributed by atoms with Crippen LogP contribution < -0.4 is 5.32 Å². The maximum atomic E-state index is 5.71. The van der Waals surface area contributed by atoms with Gasteiger partial charge in [0.2, 0.25) is 0 Å². The van der Waals surface area contributed by atoms with Crippen molar-refractivity contribution in [1.82, 2.24) is 10.2 Å². The van der Waals surface area contributed by atoms with Crippen LogP contribution in [0.2, 0.25) is 0 Å². The van der Waals surface area contributed by atoms with Crippen LogP contribution in [0.1, 0.15) is 46.5 Å². The molecule has 2 aliphatic rings. The van der Waals surface area contributed by atoms with Gasteiger partial charge in [-0.3, -0.25) is 0 Å². The zero-order valence-corrected chi connectivity index (χ0v) is 12.4. The Morgan fingerprint density at radius 1 is 1.33 bits per heavy atom. The minimum absolute atomic E-state index is 0.449. The van der Waals surface area contributed by atoms with Gasteiger partial charge in [-0.2, -0.15) is 0 Å². The summed E-state index contributed by atoms with van der Waals surface area (Å²) in [6.07, 6.45) is 5.59. The lowest BCUT2D eigenvalue weighted by atomic mass is 9.83. The largest absolute Gasteiger partial charge is 0.377 e. The molecule has 2 saturated heterocycles. The van der Waals surface area contributed by atoms with E-state index in [2.05, 4.69) is 31.0 Å². The standard InChI is InChI=1S/C15H30N2O/c1-13(14-5-4-12-18-14)16-8-11-17-9-6-15(2,3)7-10-17/h13-14,16H,4-12H2,1-3H3. The van der Waals surface area contributed by atoms with Crippen LogP contribution in [-0.4, -0.2) is 49.8 Å². The van der Waals surface area contributed by atoms with Crippen molar-refractivity contribution in [2.24, 2.45) is 5.41 Å². The quantitative estimate of drug-likeness (QED) is 0.814. The van der Waals surface area contributed by atoms with Crippen molar-refractivity contribution in [3.63, 3.8) is 0 Å². The van der Waals surface area contributed by atoms with E-state index in [-0.39, 0.29) is 0 Å². The van der Waals surface area contributed by atoms with Crippen molar-refractivity contribution >= 4 is 0 Å². The minimum Gasteiger partial charge on any atom is -0.377 e. The molecule has 0 aromatic rings. The molecule has 2 fully saturated rings. The highest BCUT2D eigenvalue weighted by Gasteiger charge is 2.25. The highest BCUT2D eigenvalue weighted by molar-refractivity contribution is 4.80. The van der Waals surface area contributed by atoms with Gasteiger partial charge in [-0.25, -0.2) is 0 Å². The van der Waals surface area contributed by atoms with E-state index in [1.54, 1.807) is 0 Å². The lowest BCUT2D eigenvalue weighted by Crippen LogP contribution is -2.44. The number of hydrogen-bond acceptors (Lipinski definition) is 3. The van der Waals surface area contributed by atoms with Crippen LogP contribution in [0, 0.1) is 5.41 Å². The van der Waals surface area contributed by atoms with Gasteiger partial charge < -0.3 is 15.0 Å². The first-order valence-electron chi connectivity index (χ1n) is 7.64. The number of hydrogen-bond donors (Lipinski definition) is 1. The molecule has 3 heteroatoms. The third kappa shape index (κ3) is 4.22. The van der Waals surface area contributed by atoms with E-state index in [0.717, 1.165) is 13.2 Å². The van der Waals surface area contributed by atoms with E-state index in [0.29, 0.717) is 17.6 Å². The van der Waals surface area contributed by atoms with E-state index in [1.807, 2.05) is 0 Å². The fourth-order valence-corrected chi connectivity index (χ4v) is 2.96. The van der Waals surface area contributed by atoms with Crippen molar-refractivity contribution < 1.29 is 4.74 Å². The Balaban J connectivity index is 1.58. The molecule has 2 heterocycles. The Labute approximate surface area is 112 Å². The van der Waals surface area contributed by atoms with Crippen LogP contribution in [-0.2, 0) is 4.74 Å².